The molecule has 2 aromatic heterocycles. The van der Waals surface area contributed by atoms with E-state index in [0.717, 1.165) is 10.9 Å². The molecule has 0 aliphatic rings. The Hall–Kier alpha value is -3.20. The summed E-state index contributed by atoms with van der Waals surface area (Å²) in [6, 6.07) is 7.34. The molecule has 9 heteroatoms. The van der Waals surface area contributed by atoms with Gasteiger partial charge in [-0.2, -0.15) is 0 Å². The first-order chi connectivity index (χ1) is 11.9. The van der Waals surface area contributed by atoms with Crippen LogP contribution in [-0.2, 0) is 11.8 Å². The third kappa shape index (κ3) is 3.66. The van der Waals surface area contributed by atoms with Crippen molar-refractivity contribution in [1.29, 1.82) is 0 Å². The third-order valence-electron chi connectivity index (χ3n) is 3.53. The summed E-state index contributed by atoms with van der Waals surface area (Å²) in [5, 5.41) is 16.5. The molecule has 1 aromatic carbocycles. The average molecular weight is 358 g/mol. The zero-order valence-electron chi connectivity index (χ0n) is 13.1. The summed E-state index contributed by atoms with van der Waals surface area (Å²) < 4.78 is 1.51. The second kappa shape index (κ2) is 6.73. The fraction of sp³-hybridized carbons (Fsp3) is 0.125. The van der Waals surface area contributed by atoms with Crippen LogP contribution in [0.4, 0.5) is 9.93 Å². The van der Waals surface area contributed by atoms with Gasteiger partial charge in [0.05, 0.1) is 5.69 Å². The van der Waals surface area contributed by atoms with E-state index in [2.05, 4.69) is 10.3 Å². The zero-order valence-corrected chi connectivity index (χ0v) is 14.0. The topological polar surface area (TPSA) is 113 Å². The van der Waals surface area contributed by atoms with Crippen molar-refractivity contribution in [3.05, 3.63) is 46.2 Å². The van der Waals surface area contributed by atoms with Gasteiger partial charge in [-0.05, 0) is 17.5 Å². The molecule has 3 rings (SSSR count). The fourth-order valence-corrected chi connectivity index (χ4v) is 3.01. The number of aryl methyl sites for hydroxylation is 1. The van der Waals surface area contributed by atoms with Gasteiger partial charge in [-0.1, -0.05) is 12.1 Å². The highest BCUT2D eigenvalue weighted by Crippen LogP contribution is 2.26. The minimum absolute atomic E-state index is 0.0946. The maximum absolute atomic E-state index is 12.2. The van der Waals surface area contributed by atoms with Gasteiger partial charge >= 0.3 is 6.09 Å². The number of pyridine rings is 1. The fourth-order valence-electron chi connectivity index (χ4n) is 2.28. The van der Waals surface area contributed by atoms with Gasteiger partial charge in [-0.3, -0.25) is 9.59 Å². The first-order valence-corrected chi connectivity index (χ1v) is 8.14. The number of thiazole rings is 1. The molecule has 0 aliphatic carbocycles. The van der Waals surface area contributed by atoms with E-state index in [4.69, 9.17) is 5.11 Å². The summed E-state index contributed by atoms with van der Waals surface area (Å²) in [4.78, 5) is 38.5. The van der Waals surface area contributed by atoms with Crippen molar-refractivity contribution in [2.45, 2.75) is 0 Å². The SMILES string of the molecule is Cn1ccc2ccc(-c3csc(NC(=O)CNC(=O)O)n3)cc2c1=O. The molecule has 0 fully saturated rings. The molecule has 25 heavy (non-hydrogen) atoms. The summed E-state index contributed by atoms with van der Waals surface area (Å²) in [7, 11) is 1.69. The van der Waals surface area contributed by atoms with Crippen LogP contribution >= 0.6 is 11.3 Å². The molecule has 2 heterocycles. The predicted octanol–water partition coefficient (Wildman–Crippen LogP) is 1.87. The first kappa shape index (κ1) is 16.7. The Labute approximate surface area is 145 Å². The summed E-state index contributed by atoms with van der Waals surface area (Å²) in [5.41, 5.74) is 1.29. The van der Waals surface area contributed by atoms with Crippen molar-refractivity contribution in [1.82, 2.24) is 14.9 Å². The number of nitrogens with one attached hydrogen (secondary N) is 2. The molecule has 128 valence electrons. The van der Waals surface area contributed by atoms with Gasteiger partial charge in [0, 0.05) is 29.6 Å². The van der Waals surface area contributed by atoms with Crippen LogP contribution in [0.2, 0.25) is 0 Å². The molecule has 0 saturated carbocycles. The van der Waals surface area contributed by atoms with Crippen LogP contribution in [0.5, 0.6) is 0 Å². The molecular weight excluding hydrogens is 344 g/mol. The first-order valence-electron chi connectivity index (χ1n) is 7.26. The van der Waals surface area contributed by atoms with Gasteiger partial charge in [0.2, 0.25) is 5.91 Å². The molecular formula is C16H14N4O4S. The highest BCUT2D eigenvalue weighted by molar-refractivity contribution is 7.14. The summed E-state index contributed by atoms with van der Waals surface area (Å²) in [6.07, 6.45) is 0.444. The summed E-state index contributed by atoms with van der Waals surface area (Å²) in [5.74, 6) is -0.504. The van der Waals surface area contributed by atoms with Crippen LogP contribution in [0, 0.1) is 0 Å². The van der Waals surface area contributed by atoms with E-state index in [1.54, 1.807) is 24.7 Å². The number of amides is 2. The van der Waals surface area contributed by atoms with Crippen LogP contribution in [0.1, 0.15) is 0 Å². The van der Waals surface area contributed by atoms with E-state index in [-0.39, 0.29) is 12.1 Å². The molecule has 0 atom stereocenters. The summed E-state index contributed by atoms with van der Waals surface area (Å²) in [6.45, 7) is -0.351. The summed E-state index contributed by atoms with van der Waals surface area (Å²) >= 11 is 1.22. The molecule has 3 N–H and O–H groups in total. The number of carbonyl (C=O) groups is 2. The van der Waals surface area contributed by atoms with Crippen molar-refractivity contribution in [3.63, 3.8) is 0 Å². The van der Waals surface area contributed by atoms with E-state index >= 15 is 0 Å². The highest BCUT2D eigenvalue weighted by atomic mass is 32.1. The van der Waals surface area contributed by atoms with Gasteiger partial charge in [0.25, 0.3) is 5.56 Å². The molecule has 0 bridgehead atoms. The Kier molecular flexibility index (Phi) is 4.48. The Morgan fingerprint density at radius 2 is 2.12 bits per heavy atom. The molecule has 0 unspecified atom stereocenters. The average Bonchev–Trinajstić information content (AvgIpc) is 3.04. The minimum Gasteiger partial charge on any atom is -0.465 e. The zero-order chi connectivity index (χ0) is 18.0. The van der Waals surface area contributed by atoms with Crippen LogP contribution in [0.3, 0.4) is 0 Å². The standard InChI is InChI=1S/C16H14N4O4S/c1-20-5-4-9-2-3-10(6-11(9)14(20)22)12-8-25-15(18-12)19-13(21)7-17-16(23)24/h2-6,8,17H,7H2,1H3,(H,23,24)(H,18,19,21). The Balaban J connectivity index is 1.83. The van der Waals surface area contributed by atoms with E-state index in [1.165, 1.54) is 15.9 Å². The lowest BCUT2D eigenvalue weighted by molar-refractivity contribution is -0.115. The molecule has 2 amide bonds. The normalized spacial score (nSPS) is 10.6. The van der Waals surface area contributed by atoms with Gasteiger partial charge in [-0.15, -0.1) is 11.3 Å². The third-order valence-corrected chi connectivity index (χ3v) is 4.29. The number of carbonyl (C=O) groups excluding carboxylic acids is 1. The number of fused-ring (bicyclic) bond motifs is 1. The minimum atomic E-state index is -1.27. The van der Waals surface area contributed by atoms with Crippen molar-refractivity contribution in [2.75, 3.05) is 11.9 Å². The number of carboxylic acid groups (broad SMARTS) is 1. The van der Waals surface area contributed by atoms with Crippen LogP contribution < -0.4 is 16.2 Å². The van der Waals surface area contributed by atoms with Gasteiger partial charge in [0.1, 0.15) is 6.54 Å². The lowest BCUT2D eigenvalue weighted by Crippen LogP contribution is -2.31. The Morgan fingerprint density at radius 3 is 2.88 bits per heavy atom. The van der Waals surface area contributed by atoms with Crippen LogP contribution in [0.15, 0.2) is 40.6 Å². The second-order valence-corrected chi connectivity index (χ2v) is 6.14. The smallest absolute Gasteiger partial charge is 0.405 e. The lowest BCUT2D eigenvalue weighted by atomic mass is 10.1. The van der Waals surface area contributed by atoms with Crippen LogP contribution in [0.25, 0.3) is 22.0 Å². The highest BCUT2D eigenvalue weighted by Gasteiger charge is 2.10. The van der Waals surface area contributed by atoms with E-state index in [0.29, 0.717) is 16.2 Å². The van der Waals surface area contributed by atoms with Crippen molar-refractivity contribution < 1.29 is 14.7 Å². The maximum atomic E-state index is 12.2. The number of nitrogens with zero attached hydrogens (tertiary/aromatic N) is 2. The predicted molar refractivity (Wildman–Crippen MR) is 95.0 cm³/mol. The van der Waals surface area contributed by atoms with Crippen molar-refractivity contribution in [3.8, 4) is 11.3 Å². The monoisotopic (exact) mass is 358 g/mol. The number of aromatic nitrogens is 2. The largest absolute Gasteiger partial charge is 0.465 e. The van der Waals surface area contributed by atoms with Gasteiger partial charge in [-0.25, -0.2) is 9.78 Å². The second-order valence-electron chi connectivity index (χ2n) is 5.28. The van der Waals surface area contributed by atoms with E-state index in [9.17, 15) is 14.4 Å². The van der Waals surface area contributed by atoms with E-state index < -0.39 is 12.0 Å². The van der Waals surface area contributed by atoms with Gasteiger partial charge < -0.3 is 20.3 Å². The molecule has 3 aromatic rings. The number of rotatable bonds is 4. The molecule has 0 saturated heterocycles. The van der Waals surface area contributed by atoms with E-state index in [1.807, 2.05) is 23.5 Å². The van der Waals surface area contributed by atoms with Crippen LogP contribution in [-0.4, -0.2) is 33.2 Å². The quantitative estimate of drug-likeness (QED) is 0.659. The number of anilines is 1. The maximum Gasteiger partial charge on any atom is 0.405 e. The molecule has 8 nitrogen and oxygen atoms in total. The Bertz CT molecular complexity index is 1020. The van der Waals surface area contributed by atoms with Gasteiger partial charge in [0.15, 0.2) is 5.13 Å². The molecule has 0 radical (unpaired) electrons. The Morgan fingerprint density at radius 1 is 1.32 bits per heavy atom. The molecule has 0 aliphatic heterocycles. The number of benzene rings is 1. The van der Waals surface area contributed by atoms with Crippen molar-refractivity contribution >= 4 is 39.2 Å². The lowest BCUT2D eigenvalue weighted by Gasteiger charge is -2.03. The number of hydrogen-bond donors (Lipinski definition) is 3. The molecule has 0 spiro atoms. The van der Waals surface area contributed by atoms with Crippen molar-refractivity contribution in [2.24, 2.45) is 7.05 Å². The number of hydrogen-bond acceptors (Lipinski definition) is 5.